The molecule has 2 aromatic heterocycles. The van der Waals surface area contributed by atoms with Gasteiger partial charge in [-0.1, -0.05) is 24.3 Å². The van der Waals surface area contributed by atoms with Crippen molar-refractivity contribution in [2.45, 2.75) is 39.8 Å². The van der Waals surface area contributed by atoms with Crippen LogP contribution in [0.5, 0.6) is 5.75 Å². The topological polar surface area (TPSA) is 59.9 Å². The molecule has 0 spiro atoms. The number of alkyl halides is 2. The van der Waals surface area contributed by atoms with Gasteiger partial charge in [-0.25, -0.2) is 23.1 Å². The third-order valence-electron chi connectivity index (χ3n) is 4.36. The lowest BCUT2D eigenvalue weighted by atomic mass is 10.0. The molecule has 29 heavy (non-hydrogen) atoms. The van der Waals surface area contributed by atoms with Crippen LogP contribution in [-0.4, -0.2) is 15.0 Å². The Morgan fingerprint density at radius 3 is 2.48 bits per heavy atom. The molecule has 0 unspecified atom stereocenters. The molecular formula is C21H21F3N4O. The highest BCUT2D eigenvalue weighted by Gasteiger charge is 2.20. The van der Waals surface area contributed by atoms with E-state index in [1.807, 2.05) is 19.1 Å². The van der Waals surface area contributed by atoms with Gasteiger partial charge in [0.15, 0.2) is 11.6 Å². The normalized spacial score (nSPS) is 12.1. The van der Waals surface area contributed by atoms with Gasteiger partial charge in [-0.05, 0) is 26.8 Å². The smallest absolute Gasteiger partial charge is 0.266 e. The molecule has 1 aromatic carbocycles. The van der Waals surface area contributed by atoms with Gasteiger partial charge in [-0.2, -0.15) is 0 Å². The number of hydrogen-bond donors (Lipinski definition) is 1. The number of halogens is 3. The quantitative estimate of drug-likeness (QED) is 0.580. The molecule has 0 amide bonds. The Kier molecular flexibility index (Phi) is 6.31. The molecule has 0 aliphatic carbocycles. The van der Waals surface area contributed by atoms with Crippen LogP contribution < -0.4 is 10.1 Å². The first-order chi connectivity index (χ1) is 13.8. The number of pyridine rings is 1. The van der Waals surface area contributed by atoms with Crippen LogP contribution in [0, 0.1) is 19.7 Å². The third kappa shape index (κ3) is 5.01. The summed E-state index contributed by atoms with van der Waals surface area (Å²) in [6, 6.07) is 7.11. The van der Waals surface area contributed by atoms with Gasteiger partial charge < -0.3 is 10.1 Å². The standard InChI is InChI=1S/C21H21F3N4O/c1-12-7-8-15(9-25-12)11-29-18-10-26-14(3)28-21(18)27-13(2)16-5-4-6-17(19(16)22)20(23)24/h4-10,13,20H,11H2,1-3H3,(H,26,27,28)/t13-/m1/s1. The molecule has 152 valence electrons. The lowest BCUT2D eigenvalue weighted by Crippen LogP contribution is -2.13. The molecule has 0 saturated heterocycles. The van der Waals surface area contributed by atoms with Gasteiger partial charge >= 0.3 is 0 Å². The second-order valence-electron chi connectivity index (χ2n) is 6.64. The molecule has 0 saturated carbocycles. The maximum Gasteiger partial charge on any atom is 0.266 e. The Labute approximate surface area is 167 Å². The van der Waals surface area contributed by atoms with Crippen LogP contribution in [0.15, 0.2) is 42.7 Å². The Morgan fingerprint density at radius 2 is 1.79 bits per heavy atom. The number of hydrogen-bond acceptors (Lipinski definition) is 5. The summed E-state index contributed by atoms with van der Waals surface area (Å²) in [5, 5.41) is 3.04. The van der Waals surface area contributed by atoms with Gasteiger partial charge in [0.05, 0.1) is 17.8 Å². The average molecular weight is 402 g/mol. The second kappa shape index (κ2) is 8.89. The zero-order chi connectivity index (χ0) is 21.0. The number of aryl methyl sites for hydroxylation is 2. The fourth-order valence-corrected chi connectivity index (χ4v) is 2.77. The molecule has 0 radical (unpaired) electrons. The Balaban J connectivity index is 1.80. The number of benzene rings is 1. The summed E-state index contributed by atoms with van der Waals surface area (Å²) >= 11 is 0. The minimum atomic E-state index is -2.88. The first kappa shape index (κ1) is 20.6. The van der Waals surface area contributed by atoms with Crippen LogP contribution in [0.25, 0.3) is 0 Å². The number of nitrogens with zero attached hydrogens (tertiary/aromatic N) is 3. The molecular weight excluding hydrogens is 381 g/mol. The van der Waals surface area contributed by atoms with Crippen molar-refractivity contribution in [3.8, 4) is 5.75 Å². The number of anilines is 1. The molecule has 3 rings (SSSR count). The summed E-state index contributed by atoms with van der Waals surface area (Å²) in [5.41, 5.74) is 1.26. The lowest BCUT2D eigenvalue weighted by Gasteiger charge is -2.19. The summed E-state index contributed by atoms with van der Waals surface area (Å²) in [7, 11) is 0. The molecule has 1 N–H and O–H groups in total. The van der Waals surface area contributed by atoms with Crippen LogP contribution in [0.2, 0.25) is 0 Å². The highest BCUT2D eigenvalue weighted by Crippen LogP contribution is 2.31. The first-order valence-corrected chi connectivity index (χ1v) is 9.06. The van der Waals surface area contributed by atoms with Crippen molar-refractivity contribution < 1.29 is 17.9 Å². The maximum atomic E-state index is 14.5. The van der Waals surface area contributed by atoms with E-state index in [1.54, 1.807) is 20.0 Å². The van der Waals surface area contributed by atoms with Crippen molar-refractivity contribution in [2.75, 3.05) is 5.32 Å². The minimum absolute atomic E-state index is 0.118. The molecule has 0 aliphatic heterocycles. The highest BCUT2D eigenvalue weighted by molar-refractivity contribution is 5.50. The Bertz CT molecular complexity index is 980. The predicted molar refractivity (Wildman–Crippen MR) is 103 cm³/mol. The van der Waals surface area contributed by atoms with Crippen molar-refractivity contribution in [1.82, 2.24) is 15.0 Å². The monoisotopic (exact) mass is 402 g/mol. The SMILES string of the molecule is Cc1ccc(COc2cnc(C)nc2N[C@H](C)c2cccc(C(F)F)c2F)cn1. The third-order valence-corrected chi connectivity index (χ3v) is 4.36. The van der Waals surface area contributed by atoms with Crippen molar-refractivity contribution >= 4 is 5.82 Å². The lowest BCUT2D eigenvalue weighted by molar-refractivity contribution is 0.146. The van der Waals surface area contributed by atoms with Crippen LogP contribution in [0.4, 0.5) is 19.0 Å². The number of nitrogens with one attached hydrogen (secondary N) is 1. The van der Waals surface area contributed by atoms with Crippen molar-refractivity contribution in [1.29, 1.82) is 0 Å². The Hall–Kier alpha value is -3.16. The number of aromatic nitrogens is 3. The van der Waals surface area contributed by atoms with Crippen LogP contribution in [0.3, 0.4) is 0 Å². The van der Waals surface area contributed by atoms with Gasteiger partial charge in [-0.3, -0.25) is 4.98 Å². The predicted octanol–water partition coefficient (Wildman–Crippen LogP) is 5.32. The van der Waals surface area contributed by atoms with Gasteiger partial charge in [0, 0.05) is 23.0 Å². The molecule has 0 fully saturated rings. The maximum absolute atomic E-state index is 14.5. The molecule has 0 bridgehead atoms. The van der Waals surface area contributed by atoms with E-state index < -0.39 is 23.8 Å². The molecule has 3 aromatic rings. The van der Waals surface area contributed by atoms with Gasteiger partial charge in [0.1, 0.15) is 18.2 Å². The number of ether oxygens (including phenoxy) is 1. The highest BCUT2D eigenvalue weighted by atomic mass is 19.3. The van der Waals surface area contributed by atoms with E-state index in [2.05, 4.69) is 20.3 Å². The van der Waals surface area contributed by atoms with E-state index in [0.717, 1.165) is 17.3 Å². The summed E-state index contributed by atoms with van der Waals surface area (Å²) < 4.78 is 46.3. The van der Waals surface area contributed by atoms with E-state index >= 15 is 0 Å². The molecule has 0 aliphatic rings. The fraction of sp³-hybridized carbons (Fsp3) is 0.286. The fourth-order valence-electron chi connectivity index (χ4n) is 2.77. The number of rotatable bonds is 7. The molecule has 8 heteroatoms. The molecule has 1 atom stereocenters. The second-order valence-corrected chi connectivity index (χ2v) is 6.64. The van der Waals surface area contributed by atoms with E-state index in [1.165, 1.54) is 18.3 Å². The zero-order valence-electron chi connectivity index (χ0n) is 16.3. The van der Waals surface area contributed by atoms with E-state index in [9.17, 15) is 13.2 Å². The van der Waals surface area contributed by atoms with Gasteiger partial charge in [0.2, 0.25) is 0 Å². The first-order valence-electron chi connectivity index (χ1n) is 9.06. The molecule has 2 heterocycles. The minimum Gasteiger partial charge on any atom is -0.483 e. The van der Waals surface area contributed by atoms with Crippen LogP contribution in [0.1, 0.15) is 47.6 Å². The van der Waals surface area contributed by atoms with Gasteiger partial charge in [0.25, 0.3) is 6.43 Å². The van der Waals surface area contributed by atoms with E-state index in [4.69, 9.17) is 4.74 Å². The van der Waals surface area contributed by atoms with Crippen molar-refractivity contribution in [2.24, 2.45) is 0 Å². The van der Waals surface area contributed by atoms with Crippen molar-refractivity contribution in [3.63, 3.8) is 0 Å². The summed E-state index contributed by atoms with van der Waals surface area (Å²) in [4.78, 5) is 12.7. The molecule has 5 nitrogen and oxygen atoms in total. The summed E-state index contributed by atoms with van der Waals surface area (Å²) in [6.45, 7) is 5.52. The summed E-state index contributed by atoms with van der Waals surface area (Å²) in [6.07, 6.45) is 0.349. The van der Waals surface area contributed by atoms with E-state index in [-0.39, 0.29) is 12.2 Å². The average Bonchev–Trinajstić information content (AvgIpc) is 2.68. The van der Waals surface area contributed by atoms with Crippen LogP contribution in [-0.2, 0) is 6.61 Å². The summed E-state index contributed by atoms with van der Waals surface area (Å²) in [5.74, 6) is 0.285. The van der Waals surface area contributed by atoms with Gasteiger partial charge in [-0.15, -0.1) is 0 Å². The Morgan fingerprint density at radius 1 is 1.03 bits per heavy atom. The largest absolute Gasteiger partial charge is 0.483 e. The zero-order valence-corrected chi connectivity index (χ0v) is 16.3. The van der Waals surface area contributed by atoms with Crippen LogP contribution >= 0.6 is 0 Å². The van der Waals surface area contributed by atoms with Crippen molar-refractivity contribution in [3.05, 3.63) is 76.8 Å². The van der Waals surface area contributed by atoms with E-state index in [0.29, 0.717) is 17.4 Å².